The Balaban J connectivity index is 2.23. The van der Waals surface area contributed by atoms with E-state index in [4.69, 9.17) is 0 Å². The lowest BCUT2D eigenvalue weighted by molar-refractivity contribution is -0.159. The lowest BCUT2D eigenvalue weighted by Gasteiger charge is -2.15. The summed E-state index contributed by atoms with van der Waals surface area (Å²) in [6, 6.07) is 0. The van der Waals surface area contributed by atoms with Crippen LogP contribution in [-0.4, -0.2) is 31.1 Å². The number of nitrogens with one attached hydrogen (secondary N) is 1. The topological polar surface area (TPSA) is 38.3 Å². The number of ether oxygens (including phenoxy) is 1. The summed E-state index contributed by atoms with van der Waals surface area (Å²) < 4.78 is 30.2. The largest absolute Gasteiger partial charge is 0.456 e. The fourth-order valence-electron chi connectivity index (χ4n) is 1.79. The van der Waals surface area contributed by atoms with Crippen LogP contribution < -0.4 is 5.32 Å². The molecule has 0 bridgehead atoms. The number of rotatable bonds is 6. The van der Waals surface area contributed by atoms with Crippen molar-refractivity contribution >= 4 is 5.97 Å². The van der Waals surface area contributed by atoms with Crippen molar-refractivity contribution in [3.63, 3.8) is 0 Å². The molecule has 1 heterocycles. The van der Waals surface area contributed by atoms with Crippen molar-refractivity contribution in [1.29, 1.82) is 0 Å². The predicted molar refractivity (Wildman–Crippen MR) is 56.4 cm³/mol. The molecular weight excluding hydrogens is 216 g/mol. The minimum absolute atomic E-state index is 0.317. The normalized spacial score (nSPS) is 23.8. The highest BCUT2D eigenvalue weighted by molar-refractivity contribution is 5.79. The van der Waals surface area contributed by atoms with Crippen LogP contribution in [0.2, 0.25) is 0 Å². The zero-order chi connectivity index (χ0) is 12.2. The fourth-order valence-corrected chi connectivity index (χ4v) is 1.79. The van der Waals surface area contributed by atoms with Gasteiger partial charge in [-0.3, -0.25) is 0 Å². The summed E-state index contributed by atoms with van der Waals surface area (Å²) in [5.41, 5.74) is 0. The van der Waals surface area contributed by atoms with Gasteiger partial charge in [-0.1, -0.05) is 26.7 Å². The van der Waals surface area contributed by atoms with Crippen LogP contribution in [0.3, 0.4) is 0 Å². The SMILES string of the molecule is CCC(CC)CNCC1CC(F)(F)C(=O)O1. The van der Waals surface area contributed by atoms with Gasteiger partial charge in [-0.15, -0.1) is 0 Å². The van der Waals surface area contributed by atoms with E-state index < -0.39 is 24.4 Å². The van der Waals surface area contributed by atoms with Crippen LogP contribution in [0, 0.1) is 5.92 Å². The molecular formula is C11H19F2NO2. The van der Waals surface area contributed by atoms with Crippen molar-refractivity contribution in [2.75, 3.05) is 13.1 Å². The third-order valence-corrected chi connectivity index (χ3v) is 3.02. The average Bonchev–Trinajstić information content (AvgIpc) is 2.48. The van der Waals surface area contributed by atoms with Crippen LogP contribution in [0.25, 0.3) is 0 Å². The molecule has 1 saturated heterocycles. The molecule has 0 spiro atoms. The maximum absolute atomic E-state index is 12.8. The van der Waals surface area contributed by atoms with E-state index in [0.717, 1.165) is 19.4 Å². The summed E-state index contributed by atoms with van der Waals surface area (Å²) in [5.74, 6) is -4.12. The molecule has 1 aliphatic heterocycles. The van der Waals surface area contributed by atoms with Gasteiger partial charge >= 0.3 is 11.9 Å². The van der Waals surface area contributed by atoms with E-state index >= 15 is 0 Å². The highest BCUT2D eigenvalue weighted by Crippen LogP contribution is 2.30. The Labute approximate surface area is 94.5 Å². The molecule has 0 amide bonds. The monoisotopic (exact) mass is 235 g/mol. The van der Waals surface area contributed by atoms with E-state index in [1.165, 1.54) is 0 Å². The standard InChI is InChI=1S/C11H19F2NO2/c1-3-8(4-2)6-14-7-9-5-11(12,13)10(15)16-9/h8-9,14H,3-7H2,1-2H3. The van der Waals surface area contributed by atoms with Crippen molar-refractivity contribution in [3.8, 4) is 0 Å². The van der Waals surface area contributed by atoms with Crippen LogP contribution in [-0.2, 0) is 9.53 Å². The van der Waals surface area contributed by atoms with Crippen molar-refractivity contribution in [2.45, 2.75) is 45.1 Å². The minimum Gasteiger partial charge on any atom is -0.456 e. The quantitative estimate of drug-likeness (QED) is 0.715. The number of hydrogen-bond donors (Lipinski definition) is 1. The first kappa shape index (κ1) is 13.4. The van der Waals surface area contributed by atoms with Crippen LogP contribution in [0.4, 0.5) is 8.78 Å². The second-order valence-corrected chi connectivity index (χ2v) is 4.28. The maximum Gasteiger partial charge on any atom is 0.377 e. The molecule has 0 aliphatic carbocycles. The van der Waals surface area contributed by atoms with E-state index in [-0.39, 0.29) is 0 Å². The minimum atomic E-state index is -3.29. The van der Waals surface area contributed by atoms with Gasteiger partial charge in [0, 0.05) is 6.54 Å². The van der Waals surface area contributed by atoms with E-state index in [1.54, 1.807) is 0 Å². The summed E-state index contributed by atoms with van der Waals surface area (Å²) in [6.45, 7) is 5.30. The van der Waals surface area contributed by atoms with Gasteiger partial charge in [-0.25, -0.2) is 4.79 Å². The fraction of sp³-hybridized carbons (Fsp3) is 0.909. The van der Waals surface area contributed by atoms with E-state index in [1.807, 2.05) is 0 Å². The van der Waals surface area contributed by atoms with Crippen LogP contribution in [0.15, 0.2) is 0 Å². The Hall–Kier alpha value is -0.710. The molecule has 1 aliphatic rings. The number of esters is 1. The van der Waals surface area contributed by atoms with Gasteiger partial charge in [-0.2, -0.15) is 8.78 Å². The zero-order valence-electron chi connectivity index (χ0n) is 9.76. The summed E-state index contributed by atoms with van der Waals surface area (Å²) >= 11 is 0. The number of cyclic esters (lactones) is 1. The molecule has 0 aromatic heterocycles. The number of halogens is 2. The third kappa shape index (κ3) is 3.40. The number of carbonyl (C=O) groups is 1. The number of alkyl halides is 2. The third-order valence-electron chi connectivity index (χ3n) is 3.02. The van der Waals surface area contributed by atoms with Crippen molar-refractivity contribution in [3.05, 3.63) is 0 Å². The predicted octanol–water partition coefficient (Wildman–Crippen LogP) is 1.96. The summed E-state index contributed by atoms with van der Waals surface area (Å²) in [6.07, 6.45) is 0.938. The summed E-state index contributed by atoms with van der Waals surface area (Å²) in [5, 5.41) is 3.08. The molecule has 1 N–H and O–H groups in total. The zero-order valence-corrected chi connectivity index (χ0v) is 9.76. The summed E-state index contributed by atoms with van der Waals surface area (Å²) in [7, 11) is 0. The lowest BCUT2D eigenvalue weighted by atomic mass is 10.0. The number of hydrogen-bond acceptors (Lipinski definition) is 3. The second-order valence-electron chi connectivity index (χ2n) is 4.28. The Morgan fingerprint density at radius 2 is 2.12 bits per heavy atom. The molecule has 1 unspecified atom stereocenters. The van der Waals surface area contributed by atoms with Gasteiger partial charge in [0.1, 0.15) is 6.10 Å². The Morgan fingerprint density at radius 1 is 1.50 bits per heavy atom. The molecule has 94 valence electrons. The molecule has 5 heteroatoms. The Kier molecular flexibility index (Phi) is 4.65. The Bertz CT molecular complexity index is 242. The van der Waals surface area contributed by atoms with E-state index in [0.29, 0.717) is 12.5 Å². The van der Waals surface area contributed by atoms with Crippen LogP contribution >= 0.6 is 0 Å². The number of carbonyl (C=O) groups excluding carboxylic acids is 1. The van der Waals surface area contributed by atoms with Gasteiger partial charge in [0.05, 0.1) is 6.42 Å². The average molecular weight is 235 g/mol. The molecule has 0 saturated carbocycles. The second kappa shape index (κ2) is 5.57. The van der Waals surface area contributed by atoms with Crippen LogP contribution in [0.5, 0.6) is 0 Å². The summed E-state index contributed by atoms with van der Waals surface area (Å²) in [4.78, 5) is 10.7. The molecule has 1 rings (SSSR count). The lowest BCUT2D eigenvalue weighted by Crippen LogP contribution is -2.31. The maximum atomic E-state index is 12.8. The molecule has 3 nitrogen and oxygen atoms in total. The molecule has 0 aromatic carbocycles. The first-order chi connectivity index (χ1) is 7.49. The van der Waals surface area contributed by atoms with Crippen molar-refractivity contribution in [2.24, 2.45) is 5.92 Å². The highest BCUT2D eigenvalue weighted by atomic mass is 19.3. The van der Waals surface area contributed by atoms with Gasteiger partial charge in [-0.05, 0) is 12.5 Å². The molecule has 0 aromatic rings. The molecule has 0 radical (unpaired) electrons. The van der Waals surface area contributed by atoms with Gasteiger partial charge < -0.3 is 10.1 Å². The molecule has 1 fully saturated rings. The first-order valence-electron chi connectivity index (χ1n) is 5.79. The van der Waals surface area contributed by atoms with Gasteiger partial charge in [0.25, 0.3) is 0 Å². The van der Waals surface area contributed by atoms with Crippen LogP contribution in [0.1, 0.15) is 33.1 Å². The van der Waals surface area contributed by atoms with Gasteiger partial charge in [0.15, 0.2) is 0 Å². The first-order valence-corrected chi connectivity index (χ1v) is 5.79. The Morgan fingerprint density at radius 3 is 2.56 bits per heavy atom. The molecule has 16 heavy (non-hydrogen) atoms. The van der Waals surface area contributed by atoms with Gasteiger partial charge in [0.2, 0.25) is 0 Å². The smallest absolute Gasteiger partial charge is 0.377 e. The van der Waals surface area contributed by atoms with Crippen molar-refractivity contribution < 1.29 is 18.3 Å². The van der Waals surface area contributed by atoms with E-state index in [2.05, 4.69) is 23.9 Å². The highest BCUT2D eigenvalue weighted by Gasteiger charge is 2.50. The molecule has 1 atom stereocenters. The van der Waals surface area contributed by atoms with Crippen molar-refractivity contribution in [1.82, 2.24) is 5.32 Å². The van der Waals surface area contributed by atoms with E-state index in [9.17, 15) is 13.6 Å².